The Labute approximate surface area is 160 Å². The van der Waals surface area contributed by atoms with E-state index in [1.54, 1.807) is 0 Å². The predicted octanol–water partition coefficient (Wildman–Crippen LogP) is 1.03. The van der Waals surface area contributed by atoms with Crippen molar-refractivity contribution in [2.24, 2.45) is 0 Å². The number of hydrogen-bond donors (Lipinski definition) is 2. The molecule has 1 aromatic rings. The molecule has 0 unspecified atom stereocenters. The largest absolute Gasteiger partial charge is 0.490 e. The Morgan fingerprint density at radius 1 is 1.32 bits per heavy atom. The van der Waals surface area contributed by atoms with Crippen molar-refractivity contribution in [2.75, 3.05) is 32.8 Å². The molecule has 10 heteroatoms. The normalized spacial score (nSPS) is 22.5. The summed E-state index contributed by atoms with van der Waals surface area (Å²) < 4.78 is 37.4. The van der Waals surface area contributed by atoms with Gasteiger partial charge in [-0.3, -0.25) is 9.69 Å². The molecule has 2 atom stereocenters. The molecule has 1 amide bonds. The molecular weight excluding hydrogens is 381 g/mol. The van der Waals surface area contributed by atoms with Crippen LogP contribution in [0.15, 0.2) is 24.3 Å². The quantitative estimate of drug-likeness (QED) is 0.779. The molecule has 0 saturated carbocycles. The van der Waals surface area contributed by atoms with Crippen LogP contribution in [0.25, 0.3) is 0 Å². The van der Waals surface area contributed by atoms with Gasteiger partial charge in [0, 0.05) is 26.2 Å². The molecule has 0 aliphatic carbocycles. The molecule has 2 N–H and O–H groups in total. The van der Waals surface area contributed by atoms with Crippen LogP contribution in [0, 0.1) is 6.92 Å². The Hall–Kier alpha value is -2.17. The Kier molecular flexibility index (Phi) is 7.39. The zero-order chi connectivity index (χ0) is 20.9. The molecule has 2 aliphatic rings. The lowest BCUT2D eigenvalue weighted by molar-refractivity contribution is -0.192. The lowest BCUT2D eigenvalue weighted by atomic mass is 10.1. The standard InChI is InChI=1S/C16H22N2O3.C2HF3O2/c1-12-3-2-4-13(7-12)8-18-14-9-17(5-6-19)10-15(14)21-11-16(18)20;3-2(4,5)1(6)7/h2-4,7,14-15,19H,5-6,8-11H2,1H3;(H,6,7)/t14-,15-;/m1./s1. The average molecular weight is 404 g/mol. The van der Waals surface area contributed by atoms with Gasteiger partial charge in [-0.1, -0.05) is 29.8 Å². The van der Waals surface area contributed by atoms with Crippen molar-refractivity contribution in [3.63, 3.8) is 0 Å². The van der Waals surface area contributed by atoms with Crippen LogP contribution in [0.2, 0.25) is 0 Å². The molecule has 0 bridgehead atoms. The van der Waals surface area contributed by atoms with E-state index in [1.807, 2.05) is 11.0 Å². The van der Waals surface area contributed by atoms with Gasteiger partial charge in [0.2, 0.25) is 5.91 Å². The highest BCUT2D eigenvalue weighted by atomic mass is 19.4. The topological polar surface area (TPSA) is 90.3 Å². The van der Waals surface area contributed by atoms with Crippen LogP contribution in [0.5, 0.6) is 0 Å². The summed E-state index contributed by atoms with van der Waals surface area (Å²) in [5.74, 6) is -2.70. The number of carbonyl (C=O) groups excluding carboxylic acids is 1. The molecule has 2 heterocycles. The van der Waals surface area contributed by atoms with Gasteiger partial charge >= 0.3 is 12.1 Å². The molecule has 2 saturated heterocycles. The summed E-state index contributed by atoms with van der Waals surface area (Å²) in [5.41, 5.74) is 2.36. The average Bonchev–Trinajstić information content (AvgIpc) is 3.01. The van der Waals surface area contributed by atoms with E-state index in [0.29, 0.717) is 13.1 Å². The number of morpholine rings is 1. The Bertz CT molecular complexity index is 698. The molecule has 1 aromatic carbocycles. The van der Waals surface area contributed by atoms with Crippen molar-refractivity contribution in [1.82, 2.24) is 9.80 Å². The molecule has 28 heavy (non-hydrogen) atoms. The van der Waals surface area contributed by atoms with Gasteiger partial charge in [-0.05, 0) is 12.5 Å². The molecule has 0 radical (unpaired) electrons. The number of carboxylic acid groups (broad SMARTS) is 1. The zero-order valence-electron chi connectivity index (χ0n) is 15.4. The number of fused-ring (bicyclic) bond motifs is 1. The maximum atomic E-state index is 12.2. The summed E-state index contributed by atoms with van der Waals surface area (Å²) in [6.07, 6.45) is -5.01. The monoisotopic (exact) mass is 404 g/mol. The molecule has 0 aromatic heterocycles. The van der Waals surface area contributed by atoms with Crippen LogP contribution in [-0.2, 0) is 20.9 Å². The highest BCUT2D eigenvalue weighted by molar-refractivity contribution is 5.78. The van der Waals surface area contributed by atoms with Gasteiger partial charge in [0.1, 0.15) is 6.61 Å². The van der Waals surface area contributed by atoms with E-state index in [1.165, 1.54) is 5.56 Å². The highest BCUT2D eigenvalue weighted by Gasteiger charge is 2.42. The number of aliphatic hydroxyl groups excluding tert-OH is 1. The molecule has 2 aliphatic heterocycles. The van der Waals surface area contributed by atoms with Gasteiger partial charge in [-0.25, -0.2) is 4.79 Å². The smallest absolute Gasteiger partial charge is 0.475 e. The van der Waals surface area contributed by atoms with Crippen molar-refractivity contribution in [1.29, 1.82) is 0 Å². The zero-order valence-corrected chi connectivity index (χ0v) is 15.4. The molecular formula is C18H23F3N2O5. The number of carboxylic acids is 1. The van der Waals surface area contributed by atoms with Crippen LogP contribution < -0.4 is 0 Å². The minimum absolute atomic E-state index is 0.0589. The van der Waals surface area contributed by atoms with E-state index in [9.17, 15) is 18.0 Å². The van der Waals surface area contributed by atoms with Crippen molar-refractivity contribution in [3.8, 4) is 0 Å². The van der Waals surface area contributed by atoms with Crippen LogP contribution in [0.1, 0.15) is 11.1 Å². The second-order valence-corrected chi connectivity index (χ2v) is 6.71. The number of nitrogens with zero attached hydrogens (tertiary/aromatic N) is 2. The van der Waals surface area contributed by atoms with Crippen LogP contribution in [0.3, 0.4) is 0 Å². The maximum absolute atomic E-state index is 12.2. The van der Waals surface area contributed by atoms with E-state index >= 15 is 0 Å². The van der Waals surface area contributed by atoms with Crippen molar-refractivity contribution in [2.45, 2.75) is 31.8 Å². The van der Waals surface area contributed by atoms with Gasteiger partial charge in [-0.2, -0.15) is 13.2 Å². The van der Waals surface area contributed by atoms with Gasteiger partial charge in [-0.15, -0.1) is 0 Å². The van der Waals surface area contributed by atoms with E-state index in [-0.39, 0.29) is 31.3 Å². The van der Waals surface area contributed by atoms with Crippen molar-refractivity contribution < 1.29 is 37.7 Å². The Morgan fingerprint density at radius 2 is 2.00 bits per heavy atom. The first-order chi connectivity index (χ1) is 13.1. The predicted molar refractivity (Wildman–Crippen MR) is 92.5 cm³/mol. The van der Waals surface area contributed by atoms with E-state index in [4.69, 9.17) is 19.7 Å². The Balaban J connectivity index is 0.000000345. The molecule has 156 valence electrons. The fraction of sp³-hybridized carbons (Fsp3) is 0.556. The summed E-state index contributed by atoms with van der Waals surface area (Å²) in [6.45, 7) is 5.23. The number of ether oxygens (including phenoxy) is 1. The number of aliphatic hydroxyl groups is 1. The number of benzene rings is 1. The van der Waals surface area contributed by atoms with E-state index < -0.39 is 12.1 Å². The molecule has 0 spiro atoms. The minimum Gasteiger partial charge on any atom is -0.475 e. The third-order valence-corrected chi connectivity index (χ3v) is 4.55. The first-order valence-electron chi connectivity index (χ1n) is 8.71. The number of aryl methyl sites for hydroxylation is 1. The fourth-order valence-corrected chi connectivity index (χ4v) is 3.28. The number of amides is 1. The summed E-state index contributed by atoms with van der Waals surface area (Å²) >= 11 is 0. The number of aliphatic carboxylic acids is 1. The second-order valence-electron chi connectivity index (χ2n) is 6.71. The molecule has 7 nitrogen and oxygen atoms in total. The van der Waals surface area contributed by atoms with Gasteiger partial charge in [0.05, 0.1) is 18.8 Å². The lowest BCUT2D eigenvalue weighted by Crippen LogP contribution is -2.53. The third kappa shape index (κ3) is 5.91. The number of carbonyl (C=O) groups is 2. The Morgan fingerprint density at radius 3 is 2.57 bits per heavy atom. The number of alkyl halides is 3. The summed E-state index contributed by atoms with van der Waals surface area (Å²) in [6, 6.07) is 8.37. The summed E-state index contributed by atoms with van der Waals surface area (Å²) in [4.78, 5) is 25.2. The SMILES string of the molecule is Cc1cccc(CN2C(=O)CO[C@@H]3CN(CCO)C[C@H]32)c1.O=C(O)C(F)(F)F. The number of likely N-dealkylation sites (tertiary alicyclic amines) is 1. The van der Waals surface area contributed by atoms with Gasteiger partial charge in [0.15, 0.2) is 0 Å². The van der Waals surface area contributed by atoms with Crippen LogP contribution in [0.4, 0.5) is 13.2 Å². The minimum atomic E-state index is -5.08. The fourth-order valence-electron chi connectivity index (χ4n) is 3.28. The van der Waals surface area contributed by atoms with Gasteiger partial charge < -0.3 is 19.8 Å². The third-order valence-electron chi connectivity index (χ3n) is 4.55. The van der Waals surface area contributed by atoms with Crippen molar-refractivity contribution >= 4 is 11.9 Å². The maximum Gasteiger partial charge on any atom is 0.490 e. The first-order valence-corrected chi connectivity index (χ1v) is 8.71. The second kappa shape index (κ2) is 9.35. The summed E-state index contributed by atoms with van der Waals surface area (Å²) in [7, 11) is 0. The molecule has 3 rings (SSSR count). The highest BCUT2D eigenvalue weighted by Crippen LogP contribution is 2.25. The molecule has 2 fully saturated rings. The number of halogens is 3. The van der Waals surface area contributed by atoms with Crippen molar-refractivity contribution in [3.05, 3.63) is 35.4 Å². The van der Waals surface area contributed by atoms with Crippen LogP contribution in [-0.4, -0.2) is 83.1 Å². The van der Waals surface area contributed by atoms with E-state index in [2.05, 4.69) is 30.0 Å². The summed E-state index contributed by atoms with van der Waals surface area (Å²) in [5, 5.41) is 16.2. The number of hydrogen-bond acceptors (Lipinski definition) is 5. The van der Waals surface area contributed by atoms with E-state index in [0.717, 1.165) is 18.7 Å². The van der Waals surface area contributed by atoms with Crippen LogP contribution >= 0.6 is 0 Å². The van der Waals surface area contributed by atoms with Gasteiger partial charge in [0.25, 0.3) is 0 Å². The lowest BCUT2D eigenvalue weighted by Gasteiger charge is -2.36. The number of β-amino-alcohol motifs (C(OH)–C–C–N with tert-alkyl or cyclic N) is 1. The number of rotatable bonds is 4. The first kappa shape index (κ1) is 22.1.